The van der Waals surface area contributed by atoms with Crippen LogP contribution < -0.4 is 10.2 Å². The van der Waals surface area contributed by atoms with E-state index in [0.717, 1.165) is 16.9 Å². The van der Waals surface area contributed by atoms with Crippen molar-refractivity contribution in [3.63, 3.8) is 0 Å². The Hall–Kier alpha value is -2.62. The van der Waals surface area contributed by atoms with Gasteiger partial charge in [0, 0.05) is 0 Å². The molecule has 0 bridgehead atoms. The van der Waals surface area contributed by atoms with Crippen LogP contribution in [0, 0.1) is 5.92 Å². The first-order valence-corrected chi connectivity index (χ1v) is 7.72. The maximum Gasteiger partial charge on any atom is 0.244 e. The lowest BCUT2D eigenvalue weighted by atomic mass is 10.1. The van der Waals surface area contributed by atoms with E-state index in [4.69, 9.17) is 4.74 Å². The van der Waals surface area contributed by atoms with Crippen LogP contribution in [0.15, 0.2) is 59.7 Å². The lowest BCUT2D eigenvalue weighted by Gasteiger charge is -2.08. The molecule has 0 radical (unpaired) electrons. The van der Waals surface area contributed by atoms with E-state index >= 15 is 0 Å². The Balaban J connectivity index is 1.85. The van der Waals surface area contributed by atoms with Gasteiger partial charge in [-0.2, -0.15) is 5.10 Å². The monoisotopic (exact) mass is 310 g/mol. The third kappa shape index (κ3) is 6.34. The number of hydrogen-bond acceptors (Lipinski definition) is 3. The fourth-order valence-corrected chi connectivity index (χ4v) is 1.95. The second-order valence-corrected chi connectivity index (χ2v) is 5.73. The fourth-order valence-electron chi connectivity index (χ4n) is 1.95. The molecule has 0 aliphatic heterocycles. The van der Waals surface area contributed by atoms with E-state index in [1.807, 2.05) is 54.6 Å². The molecule has 4 heteroatoms. The molecule has 0 aliphatic carbocycles. The largest absolute Gasteiger partial charge is 0.493 e. The standard InChI is InChI=1S/C19H22N2O2/c1-15(2)14-23-18-10-6-9-17(11-18)13-20-21-19(22)12-16-7-4-3-5-8-16/h3-11,13,15H,12,14H2,1-2H3,(H,21,22)/b20-13-. The molecule has 0 aliphatic rings. The highest BCUT2D eigenvalue weighted by Gasteiger charge is 2.01. The molecule has 0 saturated heterocycles. The molecular formula is C19H22N2O2. The van der Waals surface area contributed by atoms with Crippen molar-refractivity contribution in [1.29, 1.82) is 0 Å². The second-order valence-electron chi connectivity index (χ2n) is 5.73. The third-order valence-corrected chi connectivity index (χ3v) is 3.05. The smallest absolute Gasteiger partial charge is 0.244 e. The minimum Gasteiger partial charge on any atom is -0.493 e. The number of benzene rings is 2. The Morgan fingerprint density at radius 2 is 1.96 bits per heavy atom. The molecular weight excluding hydrogens is 288 g/mol. The van der Waals surface area contributed by atoms with Crippen LogP contribution in [0.3, 0.4) is 0 Å². The van der Waals surface area contributed by atoms with Gasteiger partial charge in [-0.15, -0.1) is 0 Å². The fraction of sp³-hybridized carbons (Fsp3) is 0.263. The van der Waals surface area contributed by atoms with E-state index in [-0.39, 0.29) is 5.91 Å². The SMILES string of the molecule is CC(C)COc1cccc(/C=N\NC(=O)Cc2ccccc2)c1. The van der Waals surface area contributed by atoms with Crippen LogP contribution in [0.1, 0.15) is 25.0 Å². The number of nitrogens with zero attached hydrogens (tertiary/aromatic N) is 1. The molecule has 120 valence electrons. The van der Waals surface area contributed by atoms with Gasteiger partial charge in [-0.25, -0.2) is 5.43 Å². The number of carbonyl (C=O) groups is 1. The van der Waals surface area contributed by atoms with Crippen molar-refractivity contribution in [2.75, 3.05) is 6.61 Å². The minimum atomic E-state index is -0.139. The summed E-state index contributed by atoms with van der Waals surface area (Å²) in [6.45, 7) is 4.88. The topological polar surface area (TPSA) is 50.7 Å². The van der Waals surface area contributed by atoms with Crippen LogP contribution in [0.2, 0.25) is 0 Å². The summed E-state index contributed by atoms with van der Waals surface area (Å²) >= 11 is 0. The van der Waals surface area contributed by atoms with Crippen molar-refractivity contribution in [3.8, 4) is 5.75 Å². The molecule has 1 amide bonds. The Bertz CT molecular complexity index is 651. The molecule has 23 heavy (non-hydrogen) atoms. The summed E-state index contributed by atoms with van der Waals surface area (Å²) in [5.74, 6) is 1.14. The summed E-state index contributed by atoms with van der Waals surface area (Å²) in [7, 11) is 0. The number of amides is 1. The number of rotatable bonds is 7. The summed E-state index contributed by atoms with van der Waals surface area (Å²) in [6.07, 6.45) is 1.93. The van der Waals surface area contributed by atoms with E-state index in [2.05, 4.69) is 24.4 Å². The molecule has 2 rings (SSSR count). The van der Waals surface area contributed by atoms with Gasteiger partial charge in [-0.3, -0.25) is 4.79 Å². The van der Waals surface area contributed by atoms with Crippen molar-refractivity contribution in [2.24, 2.45) is 11.0 Å². The lowest BCUT2D eigenvalue weighted by Crippen LogP contribution is -2.19. The summed E-state index contributed by atoms with van der Waals surface area (Å²) in [4.78, 5) is 11.8. The quantitative estimate of drug-likeness (QED) is 0.629. The van der Waals surface area contributed by atoms with Crippen LogP contribution >= 0.6 is 0 Å². The van der Waals surface area contributed by atoms with E-state index < -0.39 is 0 Å². The van der Waals surface area contributed by atoms with E-state index in [0.29, 0.717) is 18.9 Å². The first-order valence-electron chi connectivity index (χ1n) is 7.72. The summed E-state index contributed by atoms with van der Waals surface area (Å²) in [5.41, 5.74) is 4.38. The molecule has 0 unspecified atom stereocenters. The highest BCUT2D eigenvalue weighted by molar-refractivity contribution is 5.83. The first-order chi connectivity index (χ1) is 11.1. The number of hydrazone groups is 1. The number of ether oxygens (including phenoxy) is 1. The van der Waals surface area contributed by atoms with Crippen molar-refractivity contribution < 1.29 is 9.53 Å². The molecule has 0 fully saturated rings. The van der Waals surface area contributed by atoms with Gasteiger partial charge < -0.3 is 4.74 Å². The predicted octanol–water partition coefficient (Wildman–Crippen LogP) is 3.41. The molecule has 0 spiro atoms. The summed E-state index contributed by atoms with van der Waals surface area (Å²) < 4.78 is 5.67. The van der Waals surface area contributed by atoms with Gasteiger partial charge in [0.2, 0.25) is 5.91 Å². The molecule has 4 nitrogen and oxygen atoms in total. The number of carbonyl (C=O) groups excluding carboxylic acids is 1. The van der Waals surface area contributed by atoms with Crippen molar-refractivity contribution >= 4 is 12.1 Å². The van der Waals surface area contributed by atoms with Crippen molar-refractivity contribution in [2.45, 2.75) is 20.3 Å². The Labute approximate surface area is 137 Å². The van der Waals surface area contributed by atoms with Crippen LogP contribution in [-0.2, 0) is 11.2 Å². The molecule has 0 atom stereocenters. The predicted molar refractivity (Wildman–Crippen MR) is 92.7 cm³/mol. The zero-order chi connectivity index (χ0) is 16.5. The molecule has 1 N–H and O–H groups in total. The minimum absolute atomic E-state index is 0.139. The van der Waals surface area contributed by atoms with E-state index in [1.165, 1.54) is 0 Å². The average Bonchev–Trinajstić information content (AvgIpc) is 2.54. The molecule has 0 saturated carbocycles. The summed E-state index contributed by atoms with van der Waals surface area (Å²) in [5, 5.41) is 3.99. The summed E-state index contributed by atoms with van der Waals surface area (Å²) in [6, 6.07) is 17.2. The van der Waals surface area contributed by atoms with Gasteiger partial charge in [0.1, 0.15) is 5.75 Å². The van der Waals surface area contributed by atoms with Gasteiger partial charge in [0.15, 0.2) is 0 Å². The van der Waals surface area contributed by atoms with Crippen LogP contribution in [0.25, 0.3) is 0 Å². The van der Waals surface area contributed by atoms with Crippen LogP contribution in [-0.4, -0.2) is 18.7 Å². The van der Waals surface area contributed by atoms with Crippen LogP contribution in [0.5, 0.6) is 5.75 Å². The molecule has 2 aromatic carbocycles. The Morgan fingerprint density at radius 3 is 2.70 bits per heavy atom. The van der Waals surface area contributed by atoms with Gasteiger partial charge in [-0.05, 0) is 29.2 Å². The first kappa shape index (κ1) is 16.7. The van der Waals surface area contributed by atoms with Gasteiger partial charge >= 0.3 is 0 Å². The van der Waals surface area contributed by atoms with Gasteiger partial charge in [-0.1, -0.05) is 56.3 Å². The highest BCUT2D eigenvalue weighted by Crippen LogP contribution is 2.13. The number of nitrogens with one attached hydrogen (secondary N) is 1. The van der Waals surface area contributed by atoms with Crippen LogP contribution in [0.4, 0.5) is 0 Å². The Kier molecular flexibility index (Phi) is 6.36. The van der Waals surface area contributed by atoms with E-state index in [9.17, 15) is 4.79 Å². The molecule has 2 aromatic rings. The van der Waals surface area contributed by atoms with Crippen molar-refractivity contribution in [3.05, 3.63) is 65.7 Å². The number of hydrogen-bond donors (Lipinski definition) is 1. The maximum absolute atomic E-state index is 11.8. The molecule has 0 aromatic heterocycles. The zero-order valence-corrected chi connectivity index (χ0v) is 13.5. The van der Waals surface area contributed by atoms with Crippen molar-refractivity contribution in [1.82, 2.24) is 5.43 Å². The Morgan fingerprint density at radius 1 is 1.17 bits per heavy atom. The molecule has 0 heterocycles. The maximum atomic E-state index is 11.8. The normalized spacial score (nSPS) is 10.9. The highest BCUT2D eigenvalue weighted by atomic mass is 16.5. The van der Waals surface area contributed by atoms with Gasteiger partial charge in [0.25, 0.3) is 0 Å². The van der Waals surface area contributed by atoms with E-state index in [1.54, 1.807) is 6.21 Å². The lowest BCUT2D eigenvalue weighted by molar-refractivity contribution is -0.120. The second kappa shape index (κ2) is 8.73. The average molecular weight is 310 g/mol. The third-order valence-electron chi connectivity index (χ3n) is 3.05. The zero-order valence-electron chi connectivity index (χ0n) is 13.5. The van der Waals surface area contributed by atoms with Gasteiger partial charge in [0.05, 0.1) is 19.2 Å².